The molecule has 2 rings (SSSR count). The van der Waals surface area contributed by atoms with Gasteiger partial charge in [-0.05, 0) is 56.6 Å². The first-order valence-electron chi connectivity index (χ1n) is 6.16. The number of hydrogen-bond acceptors (Lipinski definition) is 2. The molecule has 1 aliphatic rings. The smallest absolute Gasteiger partial charge is 0.00931 e. The van der Waals surface area contributed by atoms with E-state index in [1.54, 1.807) is 4.88 Å². The number of aryl methyl sites for hydroxylation is 1. The maximum atomic E-state index is 2.69. The van der Waals surface area contributed by atoms with E-state index in [1.165, 1.54) is 45.2 Å². The molecule has 1 aromatic rings. The highest BCUT2D eigenvalue weighted by Gasteiger charge is 2.21. The number of hydrogen-bond donors (Lipinski definition) is 0. The van der Waals surface area contributed by atoms with Crippen molar-refractivity contribution in [2.75, 3.05) is 13.1 Å². The molecule has 0 saturated carbocycles. The topological polar surface area (TPSA) is 3.24 Å². The molecular weight excluding hydrogens is 202 g/mol. The minimum atomic E-state index is 0.883. The number of rotatable bonds is 5. The summed E-state index contributed by atoms with van der Waals surface area (Å²) in [5.74, 6) is 0. The van der Waals surface area contributed by atoms with Crippen molar-refractivity contribution in [3.63, 3.8) is 0 Å². The molecule has 0 aromatic carbocycles. The zero-order valence-corrected chi connectivity index (χ0v) is 10.4. The van der Waals surface area contributed by atoms with E-state index in [1.807, 2.05) is 11.3 Å². The summed E-state index contributed by atoms with van der Waals surface area (Å²) in [6.07, 6.45) is 6.77. The molecule has 0 spiro atoms. The molecule has 0 N–H and O–H groups in total. The van der Waals surface area contributed by atoms with E-state index in [0.29, 0.717) is 0 Å². The predicted octanol–water partition coefficient (Wildman–Crippen LogP) is 3.56. The molecule has 0 radical (unpaired) electrons. The lowest BCUT2D eigenvalue weighted by Crippen LogP contribution is -2.29. The first-order valence-corrected chi connectivity index (χ1v) is 7.04. The van der Waals surface area contributed by atoms with Gasteiger partial charge in [-0.3, -0.25) is 0 Å². The van der Waals surface area contributed by atoms with Crippen molar-refractivity contribution in [3.05, 3.63) is 22.4 Å². The largest absolute Gasteiger partial charge is 0.300 e. The maximum absolute atomic E-state index is 2.69. The van der Waals surface area contributed by atoms with Gasteiger partial charge in [0, 0.05) is 10.9 Å². The summed E-state index contributed by atoms with van der Waals surface area (Å²) in [7, 11) is 0. The normalized spacial score (nSPS) is 22.3. The number of thiophene rings is 1. The Morgan fingerprint density at radius 1 is 1.53 bits per heavy atom. The fourth-order valence-corrected chi connectivity index (χ4v) is 3.31. The quantitative estimate of drug-likeness (QED) is 0.738. The molecule has 15 heavy (non-hydrogen) atoms. The highest BCUT2D eigenvalue weighted by atomic mass is 32.1. The van der Waals surface area contributed by atoms with E-state index in [-0.39, 0.29) is 0 Å². The maximum Gasteiger partial charge on any atom is 0.00931 e. The Morgan fingerprint density at radius 3 is 3.20 bits per heavy atom. The summed E-state index contributed by atoms with van der Waals surface area (Å²) in [4.78, 5) is 4.23. The van der Waals surface area contributed by atoms with E-state index in [0.717, 1.165) is 6.04 Å². The van der Waals surface area contributed by atoms with Gasteiger partial charge in [0.15, 0.2) is 0 Å². The van der Waals surface area contributed by atoms with Crippen molar-refractivity contribution in [1.82, 2.24) is 4.90 Å². The Hall–Kier alpha value is -0.340. The molecule has 1 saturated heterocycles. The Morgan fingerprint density at radius 2 is 2.47 bits per heavy atom. The molecule has 1 atom stereocenters. The van der Waals surface area contributed by atoms with Crippen LogP contribution in [-0.2, 0) is 6.42 Å². The van der Waals surface area contributed by atoms with Crippen molar-refractivity contribution in [3.8, 4) is 0 Å². The highest BCUT2D eigenvalue weighted by molar-refractivity contribution is 7.09. The van der Waals surface area contributed by atoms with E-state index in [2.05, 4.69) is 29.3 Å². The lowest BCUT2D eigenvalue weighted by Gasteiger charge is -2.22. The zero-order chi connectivity index (χ0) is 10.5. The summed E-state index contributed by atoms with van der Waals surface area (Å²) >= 11 is 1.89. The molecular formula is C13H21NS. The average molecular weight is 223 g/mol. The summed E-state index contributed by atoms with van der Waals surface area (Å²) in [6, 6.07) is 5.30. The zero-order valence-electron chi connectivity index (χ0n) is 9.61. The van der Waals surface area contributed by atoms with Crippen LogP contribution in [0.2, 0.25) is 0 Å². The summed E-state index contributed by atoms with van der Waals surface area (Å²) < 4.78 is 0. The van der Waals surface area contributed by atoms with Gasteiger partial charge >= 0.3 is 0 Å². The standard InChI is InChI=1S/C13H21NS/c1-2-12-6-3-9-14(12)10-4-7-13-8-5-11-15-13/h5,8,11-12H,2-4,6-7,9-10H2,1H3. The molecule has 1 nitrogen and oxygen atoms in total. The van der Waals surface area contributed by atoms with Gasteiger partial charge in [0.1, 0.15) is 0 Å². The first-order chi connectivity index (χ1) is 7.40. The SMILES string of the molecule is CCC1CCCN1CCCc1cccs1. The molecule has 1 fully saturated rings. The van der Waals surface area contributed by atoms with E-state index < -0.39 is 0 Å². The van der Waals surface area contributed by atoms with Crippen LogP contribution in [0.25, 0.3) is 0 Å². The fraction of sp³-hybridized carbons (Fsp3) is 0.692. The van der Waals surface area contributed by atoms with Gasteiger partial charge in [-0.15, -0.1) is 11.3 Å². The van der Waals surface area contributed by atoms with Crippen molar-refractivity contribution in [2.24, 2.45) is 0 Å². The van der Waals surface area contributed by atoms with Gasteiger partial charge in [-0.1, -0.05) is 13.0 Å². The van der Waals surface area contributed by atoms with E-state index in [9.17, 15) is 0 Å². The van der Waals surface area contributed by atoms with Crippen LogP contribution in [0.15, 0.2) is 17.5 Å². The van der Waals surface area contributed by atoms with Gasteiger partial charge in [-0.25, -0.2) is 0 Å². The third-order valence-electron chi connectivity index (χ3n) is 3.42. The van der Waals surface area contributed by atoms with Crippen molar-refractivity contribution in [2.45, 2.75) is 45.1 Å². The van der Waals surface area contributed by atoms with Crippen molar-refractivity contribution in [1.29, 1.82) is 0 Å². The van der Waals surface area contributed by atoms with Crippen LogP contribution < -0.4 is 0 Å². The summed E-state index contributed by atoms with van der Waals surface area (Å²) in [5, 5.41) is 2.18. The third-order valence-corrected chi connectivity index (χ3v) is 4.36. The number of likely N-dealkylation sites (tertiary alicyclic amines) is 1. The lowest BCUT2D eigenvalue weighted by atomic mass is 10.1. The van der Waals surface area contributed by atoms with Gasteiger partial charge in [0.25, 0.3) is 0 Å². The Bertz CT molecular complexity index is 268. The van der Waals surface area contributed by atoms with E-state index >= 15 is 0 Å². The monoisotopic (exact) mass is 223 g/mol. The van der Waals surface area contributed by atoms with E-state index in [4.69, 9.17) is 0 Å². The molecule has 1 aliphatic heterocycles. The van der Waals surface area contributed by atoms with Gasteiger partial charge in [0.05, 0.1) is 0 Å². The first kappa shape index (κ1) is 11.2. The van der Waals surface area contributed by atoms with Crippen LogP contribution in [0, 0.1) is 0 Å². The Kier molecular flexibility index (Phi) is 4.21. The molecule has 1 unspecified atom stereocenters. The second-order valence-corrected chi connectivity index (χ2v) is 5.46. The molecule has 0 aliphatic carbocycles. The van der Waals surface area contributed by atoms with Crippen molar-refractivity contribution >= 4 is 11.3 Å². The third kappa shape index (κ3) is 3.05. The summed E-state index contributed by atoms with van der Waals surface area (Å²) in [6.45, 7) is 4.96. The van der Waals surface area contributed by atoms with Gasteiger partial charge in [-0.2, -0.15) is 0 Å². The molecule has 2 heterocycles. The number of nitrogens with zero attached hydrogens (tertiary/aromatic N) is 1. The molecule has 84 valence electrons. The Balaban J connectivity index is 1.69. The minimum absolute atomic E-state index is 0.883. The van der Waals surface area contributed by atoms with Crippen LogP contribution >= 0.6 is 11.3 Å². The average Bonchev–Trinajstić information content (AvgIpc) is 2.88. The fourth-order valence-electron chi connectivity index (χ4n) is 2.56. The second-order valence-electron chi connectivity index (χ2n) is 4.42. The highest BCUT2D eigenvalue weighted by Crippen LogP contribution is 2.20. The predicted molar refractivity (Wildman–Crippen MR) is 67.5 cm³/mol. The molecule has 1 aromatic heterocycles. The van der Waals surface area contributed by atoms with Crippen molar-refractivity contribution < 1.29 is 0 Å². The molecule has 2 heteroatoms. The Labute approximate surface area is 97.1 Å². The van der Waals surface area contributed by atoms with Crippen LogP contribution in [0.1, 0.15) is 37.5 Å². The minimum Gasteiger partial charge on any atom is -0.300 e. The second kappa shape index (κ2) is 5.66. The van der Waals surface area contributed by atoms with Crippen LogP contribution in [0.5, 0.6) is 0 Å². The van der Waals surface area contributed by atoms with Crippen LogP contribution in [0.3, 0.4) is 0 Å². The lowest BCUT2D eigenvalue weighted by molar-refractivity contribution is 0.246. The van der Waals surface area contributed by atoms with Crippen LogP contribution in [0.4, 0.5) is 0 Å². The molecule has 0 bridgehead atoms. The summed E-state index contributed by atoms with van der Waals surface area (Å²) in [5.41, 5.74) is 0. The van der Waals surface area contributed by atoms with Gasteiger partial charge < -0.3 is 4.90 Å². The van der Waals surface area contributed by atoms with Crippen LogP contribution in [-0.4, -0.2) is 24.0 Å². The molecule has 0 amide bonds. The van der Waals surface area contributed by atoms with Gasteiger partial charge in [0.2, 0.25) is 0 Å².